The molecule has 1 saturated heterocycles. The Morgan fingerprint density at radius 3 is 2.54 bits per heavy atom. The predicted octanol–water partition coefficient (Wildman–Crippen LogP) is 2.97. The third-order valence-electron chi connectivity index (χ3n) is 3.98. The molecule has 1 aliphatic rings. The third-order valence-corrected chi connectivity index (χ3v) is 4.23. The van der Waals surface area contributed by atoms with E-state index < -0.39 is 11.8 Å². The van der Waals surface area contributed by atoms with Crippen molar-refractivity contribution in [3.05, 3.63) is 64.7 Å². The normalized spacial score (nSPS) is 16.1. The molecule has 6 nitrogen and oxygen atoms in total. The van der Waals surface area contributed by atoms with Crippen LogP contribution in [0.1, 0.15) is 33.6 Å². The van der Waals surface area contributed by atoms with E-state index in [1.54, 1.807) is 48.5 Å². The summed E-state index contributed by atoms with van der Waals surface area (Å²) in [6.45, 7) is 1.13. The van der Waals surface area contributed by atoms with E-state index >= 15 is 0 Å². The predicted molar refractivity (Wildman–Crippen MR) is 97.3 cm³/mol. The van der Waals surface area contributed by atoms with Gasteiger partial charge in [0.15, 0.2) is 0 Å². The highest BCUT2D eigenvalue weighted by atomic mass is 35.5. The summed E-state index contributed by atoms with van der Waals surface area (Å²) < 4.78 is 11.3. The van der Waals surface area contributed by atoms with Crippen LogP contribution in [0.4, 0.5) is 0 Å². The summed E-state index contributed by atoms with van der Waals surface area (Å²) in [5.41, 5.74) is 5.50. The van der Waals surface area contributed by atoms with Gasteiger partial charge in [-0.2, -0.15) is 0 Å². The van der Waals surface area contributed by atoms with Gasteiger partial charge < -0.3 is 9.47 Å². The van der Waals surface area contributed by atoms with Crippen LogP contribution in [0.15, 0.2) is 48.5 Å². The number of para-hydroxylation sites is 1. The van der Waals surface area contributed by atoms with Gasteiger partial charge in [-0.25, -0.2) is 0 Å². The first-order valence-corrected chi connectivity index (χ1v) is 8.71. The standard InChI is InChI=1S/C19H19ClN2O4/c20-14-9-7-13(8-10-14)18(23)21-22-19(24)16-5-1-2-6-17(16)26-12-15-4-3-11-25-15/h1-2,5-10,15H,3-4,11-12H2,(H,21,23)(H,22,24)/t15-/m1/s1. The molecule has 0 saturated carbocycles. The lowest BCUT2D eigenvalue weighted by Gasteiger charge is -2.14. The number of hydrogen-bond acceptors (Lipinski definition) is 4. The molecule has 2 aromatic carbocycles. The van der Waals surface area contributed by atoms with Crippen LogP contribution >= 0.6 is 11.6 Å². The molecular weight excluding hydrogens is 356 g/mol. The highest BCUT2D eigenvalue weighted by Crippen LogP contribution is 2.20. The molecule has 0 radical (unpaired) electrons. The van der Waals surface area contributed by atoms with E-state index in [2.05, 4.69) is 10.9 Å². The van der Waals surface area contributed by atoms with E-state index in [0.717, 1.165) is 19.4 Å². The number of carbonyl (C=O) groups is 2. The van der Waals surface area contributed by atoms with Crippen LogP contribution in [-0.4, -0.2) is 31.1 Å². The third kappa shape index (κ3) is 4.74. The van der Waals surface area contributed by atoms with Gasteiger partial charge in [0.2, 0.25) is 0 Å². The van der Waals surface area contributed by atoms with Crippen LogP contribution < -0.4 is 15.6 Å². The van der Waals surface area contributed by atoms with E-state index in [1.165, 1.54) is 0 Å². The number of ether oxygens (including phenoxy) is 2. The lowest BCUT2D eigenvalue weighted by Crippen LogP contribution is -2.41. The molecule has 136 valence electrons. The van der Waals surface area contributed by atoms with Crippen molar-refractivity contribution in [2.75, 3.05) is 13.2 Å². The first-order valence-electron chi connectivity index (χ1n) is 8.33. The van der Waals surface area contributed by atoms with Gasteiger partial charge in [-0.1, -0.05) is 23.7 Å². The van der Waals surface area contributed by atoms with Crippen molar-refractivity contribution >= 4 is 23.4 Å². The van der Waals surface area contributed by atoms with Crippen molar-refractivity contribution in [1.82, 2.24) is 10.9 Å². The van der Waals surface area contributed by atoms with Crippen molar-refractivity contribution in [2.24, 2.45) is 0 Å². The maximum Gasteiger partial charge on any atom is 0.273 e. The van der Waals surface area contributed by atoms with E-state index in [0.29, 0.717) is 28.5 Å². The molecule has 1 atom stereocenters. The molecule has 1 heterocycles. The van der Waals surface area contributed by atoms with Gasteiger partial charge >= 0.3 is 0 Å². The molecule has 2 N–H and O–H groups in total. The molecule has 1 fully saturated rings. The Morgan fingerprint density at radius 2 is 1.81 bits per heavy atom. The second kappa shape index (κ2) is 8.69. The smallest absolute Gasteiger partial charge is 0.273 e. The minimum absolute atomic E-state index is 0.0516. The summed E-state index contributed by atoms with van der Waals surface area (Å²) in [5, 5.41) is 0.530. The monoisotopic (exact) mass is 374 g/mol. The average molecular weight is 375 g/mol. The fraction of sp³-hybridized carbons (Fsp3) is 0.263. The molecule has 26 heavy (non-hydrogen) atoms. The number of halogens is 1. The van der Waals surface area contributed by atoms with Gasteiger partial charge in [-0.3, -0.25) is 20.4 Å². The number of hydrazine groups is 1. The van der Waals surface area contributed by atoms with E-state index in [1.807, 2.05) is 0 Å². The molecule has 0 unspecified atom stereocenters. The topological polar surface area (TPSA) is 76.7 Å². The quantitative estimate of drug-likeness (QED) is 0.789. The summed E-state index contributed by atoms with van der Waals surface area (Å²) in [4.78, 5) is 24.5. The zero-order chi connectivity index (χ0) is 18.4. The van der Waals surface area contributed by atoms with E-state index in [4.69, 9.17) is 21.1 Å². The second-order valence-corrected chi connectivity index (χ2v) is 6.29. The first-order chi connectivity index (χ1) is 12.6. The molecule has 3 rings (SSSR count). The van der Waals surface area contributed by atoms with Gasteiger partial charge in [0.25, 0.3) is 11.8 Å². The van der Waals surface area contributed by atoms with Crippen molar-refractivity contribution < 1.29 is 19.1 Å². The minimum atomic E-state index is -0.463. The average Bonchev–Trinajstić information content (AvgIpc) is 3.18. The number of hydrogen-bond donors (Lipinski definition) is 2. The number of nitrogens with one attached hydrogen (secondary N) is 2. The highest BCUT2D eigenvalue weighted by molar-refractivity contribution is 6.30. The number of rotatable bonds is 5. The van der Waals surface area contributed by atoms with Crippen molar-refractivity contribution in [2.45, 2.75) is 18.9 Å². The van der Waals surface area contributed by atoms with Crippen LogP contribution in [0.25, 0.3) is 0 Å². The van der Waals surface area contributed by atoms with E-state index in [9.17, 15) is 9.59 Å². The summed E-state index contributed by atoms with van der Waals surface area (Å²) in [6.07, 6.45) is 2.02. The summed E-state index contributed by atoms with van der Waals surface area (Å²) in [5.74, 6) is -0.454. The van der Waals surface area contributed by atoms with Crippen molar-refractivity contribution in [3.63, 3.8) is 0 Å². The fourth-order valence-corrected chi connectivity index (χ4v) is 2.72. The van der Waals surface area contributed by atoms with Crippen LogP contribution in [0.5, 0.6) is 5.75 Å². The lowest BCUT2D eigenvalue weighted by molar-refractivity contribution is 0.0669. The fourth-order valence-electron chi connectivity index (χ4n) is 2.59. The zero-order valence-corrected chi connectivity index (χ0v) is 14.8. The Hall–Kier alpha value is -2.57. The number of amides is 2. The van der Waals surface area contributed by atoms with Crippen molar-refractivity contribution in [1.29, 1.82) is 0 Å². The minimum Gasteiger partial charge on any atom is -0.490 e. The maximum absolute atomic E-state index is 12.4. The maximum atomic E-state index is 12.4. The van der Waals surface area contributed by atoms with Gasteiger partial charge in [-0.05, 0) is 49.2 Å². The Balaban J connectivity index is 1.58. The molecule has 0 bridgehead atoms. The van der Waals surface area contributed by atoms with Gasteiger partial charge in [0.1, 0.15) is 12.4 Å². The second-order valence-electron chi connectivity index (χ2n) is 5.86. The van der Waals surface area contributed by atoms with Gasteiger partial charge in [0.05, 0.1) is 11.7 Å². The molecule has 0 spiro atoms. The number of carbonyl (C=O) groups excluding carboxylic acids is 2. The Bertz CT molecular complexity index is 773. The van der Waals surface area contributed by atoms with Gasteiger partial charge in [0, 0.05) is 17.2 Å². The van der Waals surface area contributed by atoms with Crippen LogP contribution in [0.3, 0.4) is 0 Å². The first kappa shape index (κ1) is 18.2. The molecule has 2 aromatic rings. The SMILES string of the molecule is O=C(NNC(=O)c1ccccc1OC[C@H]1CCCO1)c1ccc(Cl)cc1. The zero-order valence-electron chi connectivity index (χ0n) is 14.0. The van der Waals surface area contributed by atoms with Crippen molar-refractivity contribution in [3.8, 4) is 5.75 Å². The van der Waals surface area contributed by atoms with E-state index in [-0.39, 0.29) is 6.10 Å². The molecule has 7 heteroatoms. The van der Waals surface area contributed by atoms with Gasteiger partial charge in [-0.15, -0.1) is 0 Å². The Labute approximate surface area is 156 Å². The molecule has 0 aromatic heterocycles. The summed E-state index contributed by atoms with van der Waals surface area (Å²) in [7, 11) is 0. The highest BCUT2D eigenvalue weighted by Gasteiger charge is 2.18. The molecule has 1 aliphatic heterocycles. The summed E-state index contributed by atoms with van der Waals surface area (Å²) in [6, 6.07) is 13.2. The largest absolute Gasteiger partial charge is 0.490 e. The summed E-state index contributed by atoms with van der Waals surface area (Å²) >= 11 is 5.79. The van der Waals surface area contributed by atoms with Crippen LogP contribution in [-0.2, 0) is 4.74 Å². The Morgan fingerprint density at radius 1 is 1.08 bits per heavy atom. The molecule has 0 aliphatic carbocycles. The lowest BCUT2D eigenvalue weighted by atomic mass is 10.2. The number of benzene rings is 2. The Kier molecular flexibility index (Phi) is 6.09. The van der Waals surface area contributed by atoms with Crippen LogP contribution in [0, 0.1) is 0 Å². The molecular formula is C19H19ClN2O4. The molecule has 2 amide bonds. The van der Waals surface area contributed by atoms with Crippen LogP contribution in [0.2, 0.25) is 5.02 Å².